The first-order valence-corrected chi connectivity index (χ1v) is 9.88. The van der Waals surface area contributed by atoms with Gasteiger partial charge >= 0.3 is 0 Å². The molecule has 0 radical (unpaired) electrons. The Hall–Kier alpha value is -2.86. The Morgan fingerprint density at radius 3 is 2.21 bits per heavy atom. The zero-order valence-corrected chi connectivity index (χ0v) is 17.2. The van der Waals surface area contributed by atoms with Gasteiger partial charge in [-0.3, -0.25) is 19.3 Å². The molecule has 29 heavy (non-hydrogen) atoms. The minimum atomic E-state index is -0.849. The van der Waals surface area contributed by atoms with E-state index in [1.54, 1.807) is 55.3 Å². The lowest BCUT2D eigenvalue weighted by atomic mass is 10.1. The number of rotatable bonds is 8. The van der Waals surface area contributed by atoms with E-state index < -0.39 is 17.9 Å². The minimum Gasteiger partial charge on any atom is -0.494 e. The average Bonchev–Trinajstić information content (AvgIpc) is 2.98. The van der Waals surface area contributed by atoms with E-state index in [1.807, 2.05) is 12.1 Å². The van der Waals surface area contributed by atoms with E-state index in [9.17, 15) is 14.4 Å². The molecule has 0 aliphatic carbocycles. The maximum atomic E-state index is 12.7. The van der Waals surface area contributed by atoms with Gasteiger partial charge in [-0.1, -0.05) is 23.7 Å². The van der Waals surface area contributed by atoms with Gasteiger partial charge in [0.1, 0.15) is 11.8 Å². The second kappa shape index (κ2) is 9.09. The fourth-order valence-electron chi connectivity index (χ4n) is 3.27. The quantitative estimate of drug-likeness (QED) is 0.488. The third-order valence-electron chi connectivity index (χ3n) is 4.92. The highest BCUT2D eigenvalue weighted by molar-refractivity contribution is 6.30. The first kappa shape index (κ1) is 20.9. The van der Waals surface area contributed by atoms with Crippen LogP contribution in [0.15, 0.2) is 48.5 Å². The first-order chi connectivity index (χ1) is 13.9. The number of nitrogens with zero attached hydrogens (tertiary/aromatic N) is 2. The molecule has 7 heteroatoms. The molecule has 0 aromatic heterocycles. The summed E-state index contributed by atoms with van der Waals surface area (Å²) in [6.45, 7) is 2.62. The number of carbonyl (C=O) groups is 3. The molecule has 0 N–H and O–H groups in total. The number of hydrogen-bond acceptors (Lipinski definition) is 4. The van der Waals surface area contributed by atoms with E-state index in [1.165, 1.54) is 0 Å². The molecule has 3 rings (SSSR count). The molecular weight excluding hydrogens is 392 g/mol. The van der Waals surface area contributed by atoms with Crippen molar-refractivity contribution in [1.82, 2.24) is 9.80 Å². The van der Waals surface area contributed by atoms with Crippen LogP contribution in [0.3, 0.4) is 0 Å². The summed E-state index contributed by atoms with van der Waals surface area (Å²) in [5.41, 5.74) is 0.693. The van der Waals surface area contributed by atoms with E-state index in [2.05, 4.69) is 0 Å². The normalized spacial score (nSPS) is 14.0. The van der Waals surface area contributed by atoms with Crippen LogP contribution in [0.2, 0.25) is 5.02 Å². The fraction of sp³-hybridized carbons (Fsp3) is 0.318. The van der Waals surface area contributed by atoms with Crippen molar-refractivity contribution in [2.45, 2.75) is 25.8 Å². The summed E-state index contributed by atoms with van der Waals surface area (Å²) in [6.07, 6.45) is 1.51. The molecule has 0 fully saturated rings. The van der Waals surface area contributed by atoms with Crippen LogP contribution in [-0.4, -0.2) is 53.8 Å². The summed E-state index contributed by atoms with van der Waals surface area (Å²) in [5, 5.41) is 0.657. The Bertz CT molecular complexity index is 878. The van der Waals surface area contributed by atoms with Crippen molar-refractivity contribution in [3.63, 3.8) is 0 Å². The molecule has 1 aliphatic rings. The molecule has 6 nitrogen and oxygen atoms in total. The van der Waals surface area contributed by atoms with Crippen molar-refractivity contribution in [3.8, 4) is 5.75 Å². The number of imide groups is 1. The van der Waals surface area contributed by atoms with Crippen molar-refractivity contribution < 1.29 is 19.1 Å². The number of unbranched alkanes of at least 4 members (excludes halogenated alkanes) is 1. The molecular formula is C22H23ClN2O4. The van der Waals surface area contributed by atoms with Gasteiger partial charge in [0.2, 0.25) is 5.91 Å². The Morgan fingerprint density at radius 2 is 1.62 bits per heavy atom. The van der Waals surface area contributed by atoms with Gasteiger partial charge in [-0.15, -0.1) is 0 Å². The molecule has 1 atom stereocenters. The summed E-state index contributed by atoms with van der Waals surface area (Å²) >= 11 is 5.84. The predicted octanol–water partition coefficient (Wildman–Crippen LogP) is 3.64. The number of benzene rings is 2. The van der Waals surface area contributed by atoms with Crippen LogP contribution in [0.25, 0.3) is 0 Å². The van der Waals surface area contributed by atoms with E-state index in [0.29, 0.717) is 29.3 Å². The molecule has 1 unspecified atom stereocenters. The lowest BCUT2D eigenvalue weighted by molar-refractivity contribution is -0.133. The zero-order chi connectivity index (χ0) is 21.0. The maximum Gasteiger partial charge on any atom is 0.262 e. The highest BCUT2D eigenvalue weighted by atomic mass is 35.5. The number of carbonyl (C=O) groups excluding carboxylic acids is 3. The highest BCUT2D eigenvalue weighted by Crippen LogP contribution is 2.25. The van der Waals surface area contributed by atoms with Gasteiger partial charge in [-0.05, 0) is 56.2 Å². The van der Waals surface area contributed by atoms with Crippen molar-refractivity contribution in [2.24, 2.45) is 0 Å². The molecule has 2 aromatic rings. The number of ether oxygens (including phenoxy) is 1. The predicted molar refractivity (Wildman–Crippen MR) is 110 cm³/mol. The molecule has 3 amide bonds. The van der Waals surface area contributed by atoms with Crippen LogP contribution in [0.1, 0.15) is 40.5 Å². The Balaban J connectivity index is 1.47. The monoisotopic (exact) mass is 414 g/mol. The summed E-state index contributed by atoms with van der Waals surface area (Å²) in [7, 11) is 1.68. The number of halogens is 1. The van der Waals surface area contributed by atoms with Gasteiger partial charge in [0.25, 0.3) is 11.8 Å². The van der Waals surface area contributed by atoms with Crippen LogP contribution in [0.4, 0.5) is 0 Å². The summed E-state index contributed by atoms with van der Waals surface area (Å²) in [6, 6.07) is 12.9. The van der Waals surface area contributed by atoms with Gasteiger partial charge in [0.15, 0.2) is 0 Å². The largest absolute Gasteiger partial charge is 0.494 e. The maximum absolute atomic E-state index is 12.7. The molecule has 1 aliphatic heterocycles. The van der Waals surface area contributed by atoms with E-state index in [0.717, 1.165) is 23.5 Å². The number of amides is 3. The summed E-state index contributed by atoms with van der Waals surface area (Å²) < 4.78 is 5.64. The second-order valence-electron chi connectivity index (χ2n) is 6.97. The molecule has 152 valence electrons. The van der Waals surface area contributed by atoms with E-state index in [-0.39, 0.29) is 5.91 Å². The van der Waals surface area contributed by atoms with Crippen LogP contribution >= 0.6 is 11.6 Å². The average molecular weight is 415 g/mol. The van der Waals surface area contributed by atoms with E-state index in [4.69, 9.17) is 16.3 Å². The number of hydrogen-bond donors (Lipinski definition) is 0. The minimum absolute atomic E-state index is 0.266. The molecule has 0 saturated carbocycles. The van der Waals surface area contributed by atoms with Gasteiger partial charge in [0.05, 0.1) is 17.7 Å². The lowest BCUT2D eigenvalue weighted by Gasteiger charge is -2.26. The van der Waals surface area contributed by atoms with Gasteiger partial charge in [-0.25, -0.2) is 0 Å². The van der Waals surface area contributed by atoms with E-state index >= 15 is 0 Å². The third-order valence-corrected chi connectivity index (χ3v) is 5.17. The van der Waals surface area contributed by atoms with Gasteiger partial charge < -0.3 is 9.64 Å². The SMILES string of the molecule is CC(C(=O)N(C)CCCCOc1ccc(Cl)cc1)N1C(=O)c2ccccc2C1=O. The second-order valence-corrected chi connectivity index (χ2v) is 7.41. The highest BCUT2D eigenvalue weighted by Gasteiger charge is 2.41. The van der Waals surface area contributed by atoms with Crippen molar-refractivity contribution in [2.75, 3.05) is 20.2 Å². The summed E-state index contributed by atoms with van der Waals surface area (Å²) in [4.78, 5) is 40.4. The van der Waals surface area contributed by atoms with Crippen LogP contribution in [0, 0.1) is 0 Å². The number of fused-ring (bicyclic) bond motifs is 1. The topological polar surface area (TPSA) is 66.9 Å². The Labute approximate surface area is 175 Å². The molecule has 1 heterocycles. The molecule has 0 spiro atoms. The Morgan fingerprint density at radius 1 is 1.03 bits per heavy atom. The van der Waals surface area contributed by atoms with Crippen LogP contribution < -0.4 is 4.74 Å². The van der Waals surface area contributed by atoms with Crippen LogP contribution in [-0.2, 0) is 4.79 Å². The smallest absolute Gasteiger partial charge is 0.262 e. The molecule has 0 bridgehead atoms. The zero-order valence-electron chi connectivity index (χ0n) is 16.4. The van der Waals surface area contributed by atoms with Gasteiger partial charge in [-0.2, -0.15) is 0 Å². The van der Waals surface area contributed by atoms with Gasteiger partial charge in [0, 0.05) is 18.6 Å². The van der Waals surface area contributed by atoms with Crippen molar-refractivity contribution >= 4 is 29.3 Å². The van der Waals surface area contributed by atoms with Crippen molar-refractivity contribution in [3.05, 3.63) is 64.7 Å². The van der Waals surface area contributed by atoms with Crippen molar-refractivity contribution in [1.29, 1.82) is 0 Å². The fourth-order valence-corrected chi connectivity index (χ4v) is 3.40. The standard InChI is InChI=1S/C22H23ClN2O4/c1-15(25-21(27)18-7-3-4-8-19(18)22(25)28)20(26)24(2)13-5-6-14-29-17-11-9-16(23)10-12-17/h3-4,7-12,15H,5-6,13-14H2,1-2H3. The number of likely N-dealkylation sites (N-methyl/N-ethyl adjacent to an activating group) is 1. The van der Waals surface area contributed by atoms with Crippen LogP contribution in [0.5, 0.6) is 5.75 Å². The summed E-state index contributed by atoms with van der Waals surface area (Å²) in [5.74, 6) is -0.358. The Kier molecular flexibility index (Phi) is 6.54. The molecule has 0 saturated heterocycles. The third kappa shape index (κ3) is 4.59. The first-order valence-electron chi connectivity index (χ1n) is 9.50. The lowest BCUT2D eigenvalue weighted by Crippen LogP contribution is -2.48. The molecule has 2 aromatic carbocycles.